The van der Waals surface area contributed by atoms with Crippen molar-refractivity contribution in [3.8, 4) is 0 Å². The number of hydrogen-bond donors (Lipinski definition) is 1. The Labute approximate surface area is 196 Å². The molecule has 2 aromatic heterocycles. The number of nitrogens with zero attached hydrogens (tertiary/aromatic N) is 2. The average molecular weight is 541 g/mol. The molecule has 1 N–H and O–H groups in total. The standard InChI is InChI=1S/C21H19BrFN3O2S3/c1-29-21-19(7-14(10-24)30-21)31(27,28)15-8-16(22)20-18(9-15)25-12-26(20)11-13-5-3-2-4-6-17(13)23/h2,4,6-10,12-13,24H,3,5,11H2,1H3. The van der Waals surface area contributed by atoms with Gasteiger partial charge >= 0.3 is 0 Å². The first-order valence-electron chi connectivity index (χ1n) is 9.45. The van der Waals surface area contributed by atoms with Crippen LogP contribution in [0.2, 0.25) is 0 Å². The van der Waals surface area contributed by atoms with E-state index in [9.17, 15) is 12.8 Å². The summed E-state index contributed by atoms with van der Waals surface area (Å²) >= 11 is 6.13. The third-order valence-electron chi connectivity index (χ3n) is 5.13. The molecule has 1 atom stereocenters. The molecule has 10 heteroatoms. The second kappa shape index (κ2) is 9.01. The van der Waals surface area contributed by atoms with E-state index in [2.05, 4.69) is 20.9 Å². The first-order valence-corrected chi connectivity index (χ1v) is 13.8. The van der Waals surface area contributed by atoms with Crippen molar-refractivity contribution in [3.05, 3.63) is 57.9 Å². The van der Waals surface area contributed by atoms with E-state index in [0.717, 1.165) is 18.2 Å². The van der Waals surface area contributed by atoms with E-state index in [4.69, 9.17) is 5.41 Å². The summed E-state index contributed by atoms with van der Waals surface area (Å²) in [4.78, 5) is 5.31. The maximum Gasteiger partial charge on any atom is 0.208 e. The van der Waals surface area contributed by atoms with Gasteiger partial charge in [-0.3, -0.25) is 0 Å². The predicted octanol–water partition coefficient (Wildman–Crippen LogP) is 6.23. The molecular formula is C21H19BrFN3O2S3. The van der Waals surface area contributed by atoms with Gasteiger partial charge in [0.15, 0.2) is 0 Å². The number of allylic oxidation sites excluding steroid dienone is 4. The Bertz CT molecular complexity index is 1330. The molecule has 1 unspecified atom stereocenters. The summed E-state index contributed by atoms with van der Waals surface area (Å²) in [5.74, 6) is -0.410. The Morgan fingerprint density at radius 3 is 2.97 bits per heavy atom. The highest BCUT2D eigenvalue weighted by Gasteiger charge is 2.26. The van der Waals surface area contributed by atoms with Crippen LogP contribution >= 0.6 is 39.0 Å². The first kappa shape index (κ1) is 22.4. The van der Waals surface area contributed by atoms with E-state index >= 15 is 0 Å². The van der Waals surface area contributed by atoms with Gasteiger partial charge in [0.1, 0.15) is 5.83 Å². The highest BCUT2D eigenvalue weighted by molar-refractivity contribution is 9.10. The number of thioether (sulfide) groups is 1. The Hall–Kier alpha value is -1.75. The molecule has 31 heavy (non-hydrogen) atoms. The summed E-state index contributed by atoms with van der Waals surface area (Å²) in [7, 11) is -3.79. The van der Waals surface area contributed by atoms with Gasteiger partial charge < -0.3 is 9.98 Å². The molecular weight excluding hydrogens is 521 g/mol. The monoisotopic (exact) mass is 539 g/mol. The van der Waals surface area contributed by atoms with Crippen LogP contribution in [-0.2, 0) is 16.4 Å². The highest BCUT2D eigenvalue weighted by Crippen LogP contribution is 2.38. The van der Waals surface area contributed by atoms with Crippen LogP contribution in [0.1, 0.15) is 17.7 Å². The number of rotatable bonds is 6. The number of halogens is 2. The minimum Gasteiger partial charge on any atom is -0.329 e. The van der Waals surface area contributed by atoms with E-state index in [0.29, 0.717) is 32.0 Å². The summed E-state index contributed by atoms with van der Waals surface area (Å²) in [5, 5.41) is 7.44. The fourth-order valence-electron chi connectivity index (χ4n) is 3.57. The number of fused-ring (bicyclic) bond motifs is 1. The largest absolute Gasteiger partial charge is 0.329 e. The van der Waals surface area contributed by atoms with Crippen LogP contribution in [0.4, 0.5) is 4.39 Å². The van der Waals surface area contributed by atoms with Crippen LogP contribution in [-0.4, -0.2) is 30.4 Å². The van der Waals surface area contributed by atoms with Crippen LogP contribution in [0.3, 0.4) is 0 Å². The van der Waals surface area contributed by atoms with Crippen LogP contribution in [0.5, 0.6) is 0 Å². The Morgan fingerprint density at radius 2 is 2.23 bits per heavy atom. The third kappa shape index (κ3) is 4.30. The van der Waals surface area contributed by atoms with Crippen molar-refractivity contribution in [2.24, 2.45) is 5.92 Å². The summed E-state index contributed by atoms with van der Waals surface area (Å²) in [6.07, 6.45) is 11.3. The van der Waals surface area contributed by atoms with Crippen molar-refractivity contribution < 1.29 is 12.8 Å². The molecule has 0 amide bonds. The normalized spacial score (nSPS) is 17.0. The topological polar surface area (TPSA) is 75.8 Å². The van der Waals surface area contributed by atoms with E-state index in [-0.39, 0.29) is 21.5 Å². The van der Waals surface area contributed by atoms with E-state index in [1.165, 1.54) is 35.2 Å². The van der Waals surface area contributed by atoms with Crippen molar-refractivity contribution >= 4 is 66.1 Å². The van der Waals surface area contributed by atoms with Gasteiger partial charge in [-0.2, -0.15) is 0 Å². The maximum atomic E-state index is 14.4. The van der Waals surface area contributed by atoms with Crippen LogP contribution < -0.4 is 0 Å². The zero-order chi connectivity index (χ0) is 22.2. The molecule has 162 valence electrons. The van der Waals surface area contributed by atoms with Gasteiger partial charge in [-0.15, -0.1) is 23.1 Å². The molecule has 0 radical (unpaired) electrons. The molecule has 2 heterocycles. The highest BCUT2D eigenvalue weighted by atomic mass is 79.9. The quantitative estimate of drug-likeness (QED) is 0.297. The lowest BCUT2D eigenvalue weighted by Crippen LogP contribution is -2.11. The molecule has 3 aromatic rings. The van der Waals surface area contributed by atoms with E-state index < -0.39 is 9.84 Å². The number of benzene rings is 1. The first-order chi connectivity index (χ1) is 14.8. The predicted molar refractivity (Wildman–Crippen MR) is 128 cm³/mol. The summed E-state index contributed by atoms with van der Waals surface area (Å²) < 4.78 is 44.2. The molecule has 5 nitrogen and oxygen atoms in total. The maximum absolute atomic E-state index is 14.4. The summed E-state index contributed by atoms with van der Waals surface area (Å²) in [6.45, 7) is 0.426. The van der Waals surface area contributed by atoms with Crippen molar-refractivity contribution in [3.63, 3.8) is 0 Å². The van der Waals surface area contributed by atoms with Gasteiger partial charge in [-0.1, -0.05) is 12.2 Å². The molecule has 0 saturated heterocycles. The van der Waals surface area contributed by atoms with Gasteiger partial charge in [0.05, 0.1) is 31.4 Å². The fourth-order valence-corrected chi connectivity index (χ4v) is 8.30. The Morgan fingerprint density at radius 1 is 1.42 bits per heavy atom. The summed E-state index contributed by atoms with van der Waals surface area (Å²) in [5.41, 5.74) is 1.26. The fraction of sp³-hybridized carbons (Fsp3) is 0.238. The second-order valence-electron chi connectivity index (χ2n) is 7.08. The number of nitrogens with one attached hydrogen (secondary N) is 1. The van der Waals surface area contributed by atoms with Crippen molar-refractivity contribution in [1.82, 2.24) is 9.55 Å². The van der Waals surface area contributed by atoms with E-state index in [1.54, 1.807) is 24.5 Å². The van der Waals surface area contributed by atoms with Gasteiger partial charge in [-0.05, 0) is 59.3 Å². The molecule has 1 aliphatic rings. The SMILES string of the molecule is CSc1sc(C=N)cc1S(=O)(=O)c1cc(Br)c2c(c1)ncn2CC1CCC=CC=C1F. The summed E-state index contributed by atoms with van der Waals surface area (Å²) in [6, 6.07) is 4.66. The molecule has 0 aliphatic heterocycles. The van der Waals surface area contributed by atoms with Crippen molar-refractivity contribution in [2.75, 3.05) is 6.26 Å². The molecule has 0 saturated carbocycles. The lowest BCUT2D eigenvalue weighted by molar-refractivity contribution is 0.399. The molecule has 4 rings (SSSR count). The average Bonchev–Trinajstić information content (AvgIpc) is 3.31. The lowest BCUT2D eigenvalue weighted by atomic mass is 10.0. The minimum absolute atomic E-state index is 0.131. The number of imidazole rings is 1. The number of sulfone groups is 1. The lowest BCUT2D eigenvalue weighted by Gasteiger charge is -2.15. The van der Waals surface area contributed by atoms with Gasteiger partial charge in [0.25, 0.3) is 0 Å². The Balaban J connectivity index is 1.74. The Kier molecular flexibility index (Phi) is 6.52. The van der Waals surface area contributed by atoms with Crippen LogP contribution in [0.15, 0.2) is 67.1 Å². The molecule has 0 bridgehead atoms. The second-order valence-corrected chi connectivity index (χ2v) is 12.0. The number of thiophene rings is 1. The van der Waals surface area contributed by atoms with Crippen LogP contribution in [0.25, 0.3) is 11.0 Å². The number of hydrogen-bond acceptors (Lipinski definition) is 6. The van der Waals surface area contributed by atoms with Crippen LogP contribution in [0, 0.1) is 11.3 Å². The van der Waals surface area contributed by atoms with E-state index in [1.807, 2.05) is 16.9 Å². The molecule has 0 fully saturated rings. The zero-order valence-electron chi connectivity index (χ0n) is 16.5. The minimum atomic E-state index is -3.79. The third-order valence-corrected chi connectivity index (χ3v) is 9.97. The smallest absolute Gasteiger partial charge is 0.208 e. The zero-order valence-corrected chi connectivity index (χ0v) is 20.5. The van der Waals surface area contributed by atoms with Gasteiger partial charge in [0, 0.05) is 28.0 Å². The van der Waals surface area contributed by atoms with Crippen molar-refractivity contribution in [2.45, 2.75) is 33.4 Å². The van der Waals surface area contributed by atoms with Gasteiger partial charge in [0.2, 0.25) is 9.84 Å². The molecule has 0 spiro atoms. The van der Waals surface area contributed by atoms with Crippen molar-refractivity contribution in [1.29, 1.82) is 5.41 Å². The number of aromatic nitrogens is 2. The molecule has 1 aliphatic carbocycles. The van der Waals surface area contributed by atoms with Gasteiger partial charge in [-0.25, -0.2) is 17.8 Å². The molecule has 1 aromatic carbocycles.